The molecule has 1 N–H and O–H groups in total. The van der Waals surface area contributed by atoms with Crippen molar-refractivity contribution in [1.82, 2.24) is 10.2 Å². The van der Waals surface area contributed by atoms with Gasteiger partial charge < -0.3 is 10.1 Å². The SMILES string of the molecule is COc1ccc(C2(C)NC(=O)N(Cc3cccc(C#N)c3)C2=O)cc1C. The van der Waals surface area contributed by atoms with Crippen molar-refractivity contribution >= 4 is 11.9 Å². The van der Waals surface area contributed by atoms with Crippen molar-refractivity contribution in [2.75, 3.05) is 7.11 Å². The van der Waals surface area contributed by atoms with Crippen LogP contribution >= 0.6 is 0 Å². The smallest absolute Gasteiger partial charge is 0.325 e. The summed E-state index contributed by atoms with van der Waals surface area (Å²) in [5.74, 6) is 0.397. The van der Waals surface area contributed by atoms with Crippen molar-refractivity contribution in [2.45, 2.75) is 25.9 Å². The minimum atomic E-state index is -1.14. The molecule has 0 bridgehead atoms. The summed E-state index contributed by atoms with van der Waals surface area (Å²) in [4.78, 5) is 26.6. The van der Waals surface area contributed by atoms with E-state index >= 15 is 0 Å². The summed E-state index contributed by atoms with van der Waals surface area (Å²) in [6, 6.07) is 13.9. The van der Waals surface area contributed by atoms with Crippen LogP contribution in [0.4, 0.5) is 4.79 Å². The predicted octanol–water partition coefficient (Wildman–Crippen LogP) is 2.84. The Kier molecular flexibility index (Phi) is 4.39. The lowest BCUT2D eigenvalue weighted by atomic mass is 9.90. The van der Waals surface area contributed by atoms with E-state index in [1.54, 1.807) is 50.4 Å². The molecule has 6 heteroatoms. The standard InChI is InChI=1S/C20H19N3O3/c1-13-9-16(7-8-17(13)26-3)20(2)18(24)23(19(25)22-20)12-15-6-4-5-14(10-15)11-21/h4-10H,12H2,1-3H3,(H,22,25). The van der Waals surface area contributed by atoms with E-state index in [0.29, 0.717) is 11.1 Å². The molecule has 1 heterocycles. The molecule has 1 saturated heterocycles. The number of aryl methyl sites for hydroxylation is 1. The maximum atomic E-state index is 13.0. The number of nitrogens with zero attached hydrogens (tertiary/aromatic N) is 2. The largest absolute Gasteiger partial charge is 0.496 e. The molecule has 1 atom stereocenters. The summed E-state index contributed by atoms with van der Waals surface area (Å²) >= 11 is 0. The van der Waals surface area contributed by atoms with Gasteiger partial charge in [0.2, 0.25) is 0 Å². The summed E-state index contributed by atoms with van der Waals surface area (Å²) in [5, 5.41) is 11.8. The van der Waals surface area contributed by atoms with Crippen LogP contribution < -0.4 is 10.1 Å². The molecule has 0 aliphatic carbocycles. The van der Waals surface area contributed by atoms with Gasteiger partial charge in [0, 0.05) is 0 Å². The number of methoxy groups -OCH3 is 1. The van der Waals surface area contributed by atoms with E-state index in [0.717, 1.165) is 16.9 Å². The van der Waals surface area contributed by atoms with Crippen molar-refractivity contribution in [3.63, 3.8) is 0 Å². The normalized spacial score (nSPS) is 19.2. The highest BCUT2D eigenvalue weighted by atomic mass is 16.5. The quantitative estimate of drug-likeness (QED) is 0.861. The fraction of sp³-hybridized carbons (Fsp3) is 0.250. The van der Waals surface area contributed by atoms with Crippen molar-refractivity contribution in [1.29, 1.82) is 5.26 Å². The number of nitrogens with one attached hydrogen (secondary N) is 1. The number of amides is 3. The van der Waals surface area contributed by atoms with Gasteiger partial charge in [-0.1, -0.05) is 18.2 Å². The molecule has 0 spiro atoms. The van der Waals surface area contributed by atoms with E-state index in [1.165, 1.54) is 4.90 Å². The van der Waals surface area contributed by atoms with Gasteiger partial charge in [0.15, 0.2) is 0 Å². The molecule has 2 aromatic rings. The first-order chi connectivity index (χ1) is 12.4. The highest BCUT2D eigenvalue weighted by Gasteiger charge is 2.49. The van der Waals surface area contributed by atoms with Crippen molar-refractivity contribution < 1.29 is 14.3 Å². The second-order valence-corrected chi connectivity index (χ2v) is 6.44. The Morgan fingerprint density at radius 3 is 2.65 bits per heavy atom. The number of carbonyl (C=O) groups is 2. The lowest BCUT2D eigenvalue weighted by molar-refractivity contribution is -0.131. The molecule has 132 valence electrons. The fourth-order valence-electron chi connectivity index (χ4n) is 3.15. The van der Waals surface area contributed by atoms with Crippen LogP contribution in [0.15, 0.2) is 42.5 Å². The molecule has 1 unspecified atom stereocenters. The van der Waals surface area contributed by atoms with Gasteiger partial charge in [-0.25, -0.2) is 4.79 Å². The van der Waals surface area contributed by atoms with Crippen LogP contribution in [-0.2, 0) is 16.9 Å². The van der Waals surface area contributed by atoms with Crippen molar-refractivity contribution in [3.05, 3.63) is 64.7 Å². The third kappa shape index (κ3) is 2.88. The molecule has 6 nitrogen and oxygen atoms in total. The highest BCUT2D eigenvalue weighted by molar-refractivity contribution is 6.07. The van der Waals surface area contributed by atoms with E-state index in [2.05, 4.69) is 11.4 Å². The summed E-state index contributed by atoms with van der Waals surface area (Å²) in [6.45, 7) is 3.70. The Labute approximate surface area is 152 Å². The maximum Gasteiger partial charge on any atom is 0.325 e. The van der Waals surface area contributed by atoms with Crippen LogP contribution in [0.5, 0.6) is 5.75 Å². The first-order valence-electron chi connectivity index (χ1n) is 8.17. The molecular weight excluding hydrogens is 330 g/mol. The van der Waals surface area contributed by atoms with Crippen LogP contribution in [0.25, 0.3) is 0 Å². The summed E-state index contributed by atoms with van der Waals surface area (Å²) < 4.78 is 5.26. The average molecular weight is 349 g/mol. The van der Waals surface area contributed by atoms with Gasteiger partial charge in [-0.2, -0.15) is 5.26 Å². The zero-order valence-corrected chi connectivity index (χ0v) is 14.9. The molecular formula is C20H19N3O3. The first-order valence-corrected chi connectivity index (χ1v) is 8.17. The van der Waals surface area contributed by atoms with Crippen molar-refractivity contribution in [2.24, 2.45) is 0 Å². The van der Waals surface area contributed by atoms with Crippen LogP contribution in [0.3, 0.4) is 0 Å². The minimum absolute atomic E-state index is 0.116. The summed E-state index contributed by atoms with van der Waals surface area (Å²) in [6.07, 6.45) is 0. The number of hydrogen-bond acceptors (Lipinski definition) is 4. The van der Waals surface area contributed by atoms with E-state index in [4.69, 9.17) is 10.00 Å². The molecule has 0 radical (unpaired) electrons. The average Bonchev–Trinajstić information content (AvgIpc) is 2.86. The molecule has 26 heavy (non-hydrogen) atoms. The molecule has 0 saturated carbocycles. The minimum Gasteiger partial charge on any atom is -0.496 e. The topological polar surface area (TPSA) is 82.4 Å². The number of hydrogen-bond donors (Lipinski definition) is 1. The molecule has 1 aliphatic rings. The number of carbonyl (C=O) groups excluding carboxylic acids is 2. The van der Waals surface area contributed by atoms with Crippen LogP contribution in [0, 0.1) is 18.3 Å². The maximum absolute atomic E-state index is 13.0. The molecule has 2 aromatic carbocycles. The molecule has 1 aliphatic heterocycles. The Morgan fingerprint density at radius 1 is 1.23 bits per heavy atom. The zero-order valence-electron chi connectivity index (χ0n) is 14.9. The Hall–Kier alpha value is -3.33. The molecule has 1 fully saturated rings. The van der Waals surface area contributed by atoms with Crippen LogP contribution in [-0.4, -0.2) is 23.9 Å². The second-order valence-electron chi connectivity index (χ2n) is 6.44. The van der Waals surface area contributed by atoms with E-state index in [-0.39, 0.29) is 12.5 Å². The van der Waals surface area contributed by atoms with Crippen molar-refractivity contribution in [3.8, 4) is 11.8 Å². The number of imide groups is 1. The van der Waals surface area contributed by atoms with E-state index in [1.807, 2.05) is 13.0 Å². The summed E-state index contributed by atoms with van der Waals surface area (Å²) in [7, 11) is 1.59. The van der Waals surface area contributed by atoms with Gasteiger partial charge in [-0.15, -0.1) is 0 Å². The molecule has 3 rings (SSSR count). The molecule has 3 amide bonds. The highest BCUT2D eigenvalue weighted by Crippen LogP contribution is 2.32. The fourth-order valence-corrected chi connectivity index (χ4v) is 3.15. The van der Waals surface area contributed by atoms with Gasteiger partial charge in [0.25, 0.3) is 5.91 Å². The van der Waals surface area contributed by atoms with Gasteiger partial charge in [0.1, 0.15) is 11.3 Å². The van der Waals surface area contributed by atoms with Crippen LogP contribution in [0.1, 0.15) is 29.2 Å². The van der Waals surface area contributed by atoms with Crippen LogP contribution in [0.2, 0.25) is 0 Å². The number of benzene rings is 2. The van der Waals surface area contributed by atoms with Gasteiger partial charge >= 0.3 is 6.03 Å². The van der Waals surface area contributed by atoms with Gasteiger partial charge in [-0.05, 0) is 54.8 Å². The number of nitriles is 1. The lowest BCUT2D eigenvalue weighted by Crippen LogP contribution is -2.40. The lowest BCUT2D eigenvalue weighted by Gasteiger charge is -2.23. The Morgan fingerprint density at radius 2 is 2.00 bits per heavy atom. The Bertz CT molecular complexity index is 932. The summed E-state index contributed by atoms with van der Waals surface area (Å²) in [5.41, 5.74) is 1.66. The zero-order chi connectivity index (χ0) is 18.9. The Balaban J connectivity index is 1.90. The van der Waals surface area contributed by atoms with Gasteiger partial charge in [0.05, 0.1) is 25.3 Å². The van der Waals surface area contributed by atoms with E-state index in [9.17, 15) is 9.59 Å². The first kappa shape index (κ1) is 17.5. The van der Waals surface area contributed by atoms with Gasteiger partial charge in [-0.3, -0.25) is 9.69 Å². The number of urea groups is 1. The third-order valence-corrected chi connectivity index (χ3v) is 4.64. The molecule has 0 aromatic heterocycles. The van der Waals surface area contributed by atoms with E-state index < -0.39 is 11.6 Å². The second kappa shape index (κ2) is 6.52. The third-order valence-electron chi connectivity index (χ3n) is 4.64. The predicted molar refractivity (Wildman–Crippen MR) is 95.3 cm³/mol. The number of rotatable bonds is 4. The number of ether oxygens (including phenoxy) is 1. The monoisotopic (exact) mass is 349 g/mol.